The van der Waals surface area contributed by atoms with Crippen LogP contribution in [0.2, 0.25) is 0 Å². The zero-order valence-corrected chi connectivity index (χ0v) is 19.0. The molecule has 2 heterocycles. The molecule has 0 fully saturated rings. The van der Waals surface area contributed by atoms with Gasteiger partial charge in [-0.3, -0.25) is 4.79 Å². The predicted molar refractivity (Wildman–Crippen MR) is 128 cm³/mol. The number of rotatable bonds is 9. The molecule has 2 N–H and O–H groups in total. The van der Waals surface area contributed by atoms with Crippen LogP contribution in [0.15, 0.2) is 61.1 Å². The maximum absolute atomic E-state index is 12.3. The Balaban J connectivity index is 1.62. The first-order chi connectivity index (χ1) is 16.1. The molecule has 2 aromatic heterocycles. The Hall–Kier alpha value is -4.07. The van der Waals surface area contributed by atoms with Crippen LogP contribution in [0.5, 0.6) is 11.5 Å². The number of methoxy groups -OCH3 is 2. The molecular formula is C25H27N5O3. The Bertz CT molecular complexity index is 1250. The molecule has 0 aliphatic heterocycles. The summed E-state index contributed by atoms with van der Waals surface area (Å²) in [5, 5.41) is 6.27. The molecule has 2 aromatic carbocycles. The van der Waals surface area contributed by atoms with Gasteiger partial charge in [0.25, 0.3) is 5.91 Å². The summed E-state index contributed by atoms with van der Waals surface area (Å²) in [5.41, 5.74) is 3.76. The van der Waals surface area contributed by atoms with Gasteiger partial charge in [0.2, 0.25) is 0 Å². The van der Waals surface area contributed by atoms with Crippen molar-refractivity contribution >= 4 is 23.1 Å². The molecule has 0 aliphatic rings. The summed E-state index contributed by atoms with van der Waals surface area (Å²) in [6, 6.07) is 13.0. The zero-order valence-electron chi connectivity index (χ0n) is 19.0. The molecule has 0 unspecified atom stereocenters. The molecule has 8 heteroatoms. The van der Waals surface area contributed by atoms with E-state index in [1.165, 1.54) is 0 Å². The van der Waals surface area contributed by atoms with Crippen molar-refractivity contribution in [3.05, 3.63) is 66.6 Å². The van der Waals surface area contributed by atoms with Gasteiger partial charge in [-0.25, -0.2) is 9.97 Å². The van der Waals surface area contributed by atoms with E-state index in [4.69, 9.17) is 14.5 Å². The van der Waals surface area contributed by atoms with Crippen molar-refractivity contribution in [2.24, 2.45) is 0 Å². The summed E-state index contributed by atoms with van der Waals surface area (Å²) in [5.74, 6) is 1.80. The van der Waals surface area contributed by atoms with Crippen LogP contribution >= 0.6 is 0 Å². The van der Waals surface area contributed by atoms with Crippen molar-refractivity contribution < 1.29 is 14.3 Å². The van der Waals surface area contributed by atoms with E-state index in [1.54, 1.807) is 20.4 Å². The summed E-state index contributed by atoms with van der Waals surface area (Å²) in [6.07, 6.45) is 7.52. The van der Waals surface area contributed by atoms with Crippen LogP contribution in [0, 0.1) is 0 Å². The minimum atomic E-state index is -0.0659. The predicted octanol–water partition coefficient (Wildman–Crippen LogP) is 4.69. The Kier molecular flexibility index (Phi) is 6.73. The number of unbranched alkanes of at least 4 members (excludes halogenated alkanes) is 1. The zero-order chi connectivity index (χ0) is 23.2. The average molecular weight is 446 g/mol. The van der Waals surface area contributed by atoms with Crippen LogP contribution in [-0.4, -0.2) is 41.0 Å². The number of anilines is 2. The molecule has 0 aliphatic carbocycles. The van der Waals surface area contributed by atoms with Crippen molar-refractivity contribution in [3.8, 4) is 22.8 Å². The molecular weight excluding hydrogens is 418 g/mol. The van der Waals surface area contributed by atoms with E-state index < -0.39 is 0 Å². The fraction of sp³-hybridized carbons (Fsp3) is 0.240. The third kappa shape index (κ3) is 4.90. The third-order valence-corrected chi connectivity index (χ3v) is 5.28. The van der Waals surface area contributed by atoms with Crippen LogP contribution in [0.4, 0.5) is 11.5 Å². The molecule has 0 atom stereocenters. The second-order valence-corrected chi connectivity index (χ2v) is 7.51. The SMILES string of the molecule is CCCCNC(=O)c1ccc(-c2cn3ccnc3c(Nc3ccc(OC)c(OC)c3)n2)cc1. The van der Waals surface area contributed by atoms with Crippen molar-refractivity contribution in [3.63, 3.8) is 0 Å². The van der Waals surface area contributed by atoms with E-state index in [1.807, 2.05) is 59.3 Å². The maximum Gasteiger partial charge on any atom is 0.251 e. The molecule has 0 bridgehead atoms. The first-order valence-corrected chi connectivity index (χ1v) is 10.8. The monoisotopic (exact) mass is 445 g/mol. The molecule has 0 saturated heterocycles. The summed E-state index contributed by atoms with van der Waals surface area (Å²) in [4.78, 5) is 21.5. The van der Waals surface area contributed by atoms with Gasteiger partial charge in [0, 0.05) is 48.0 Å². The van der Waals surface area contributed by atoms with Gasteiger partial charge in [0.05, 0.1) is 19.9 Å². The van der Waals surface area contributed by atoms with Crippen LogP contribution < -0.4 is 20.1 Å². The normalized spacial score (nSPS) is 10.8. The van der Waals surface area contributed by atoms with Gasteiger partial charge in [-0.05, 0) is 30.7 Å². The number of benzene rings is 2. The molecule has 8 nitrogen and oxygen atoms in total. The number of amides is 1. The number of imidazole rings is 1. The largest absolute Gasteiger partial charge is 0.493 e. The second-order valence-electron chi connectivity index (χ2n) is 7.51. The van der Waals surface area contributed by atoms with Crippen molar-refractivity contribution in [1.82, 2.24) is 19.7 Å². The standard InChI is InChI=1S/C25H27N5O3/c1-4-5-12-27-25(31)18-8-6-17(7-9-18)20-16-30-14-13-26-24(30)23(29-20)28-19-10-11-21(32-2)22(15-19)33-3/h6-11,13-16H,4-5,12H2,1-3H3,(H,27,31)(H,28,29). The number of ether oxygens (including phenoxy) is 2. The number of fused-ring (bicyclic) bond motifs is 1. The van der Waals surface area contributed by atoms with Crippen LogP contribution in [0.1, 0.15) is 30.1 Å². The van der Waals surface area contributed by atoms with E-state index in [0.29, 0.717) is 35.1 Å². The number of nitrogens with one attached hydrogen (secondary N) is 2. The first kappa shape index (κ1) is 22.1. The van der Waals surface area contributed by atoms with E-state index in [-0.39, 0.29) is 5.91 Å². The Labute approximate surface area is 192 Å². The number of nitrogens with zero attached hydrogens (tertiary/aromatic N) is 3. The minimum absolute atomic E-state index is 0.0659. The minimum Gasteiger partial charge on any atom is -0.493 e. The lowest BCUT2D eigenvalue weighted by molar-refractivity contribution is 0.0953. The molecule has 170 valence electrons. The summed E-state index contributed by atoms with van der Waals surface area (Å²) < 4.78 is 12.6. The molecule has 33 heavy (non-hydrogen) atoms. The van der Waals surface area contributed by atoms with Gasteiger partial charge in [0.15, 0.2) is 23.0 Å². The number of carbonyl (C=O) groups is 1. The smallest absolute Gasteiger partial charge is 0.251 e. The van der Waals surface area contributed by atoms with Gasteiger partial charge >= 0.3 is 0 Å². The van der Waals surface area contributed by atoms with Crippen LogP contribution in [0.3, 0.4) is 0 Å². The number of aromatic nitrogens is 3. The van der Waals surface area contributed by atoms with Gasteiger partial charge < -0.3 is 24.5 Å². The van der Waals surface area contributed by atoms with Gasteiger partial charge in [-0.15, -0.1) is 0 Å². The van der Waals surface area contributed by atoms with Crippen molar-refractivity contribution in [2.75, 3.05) is 26.1 Å². The van der Waals surface area contributed by atoms with E-state index in [9.17, 15) is 4.79 Å². The summed E-state index contributed by atoms with van der Waals surface area (Å²) >= 11 is 0. The van der Waals surface area contributed by atoms with Crippen LogP contribution in [0.25, 0.3) is 16.9 Å². The number of carbonyl (C=O) groups excluding carboxylic acids is 1. The lowest BCUT2D eigenvalue weighted by atomic mass is 10.1. The molecule has 0 radical (unpaired) electrons. The van der Waals surface area contributed by atoms with Crippen LogP contribution in [-0.2, 0) is 0 Å². The second kappa shape index (κ2) is 10.0. The average Bonchev–Trinajstić information content (AvgIpc) is 3.33. The van der Waals surface area contributed by atoms with Crippen molar-refractivity contribution in [2.45, 2.75) is 19.8 Å². The third-order valence-electron chi connectivity index (χ3n) is 5.28. The van der Waals surface area contributed by atoms with E-state index in [0.717, 1.165) is 29.8 Å². The topological polar surface area (TPSA) is 89.8 Å². The van der Waals surface area contributed by atoms with E-state index in [2.05, 4.69) is 22.5 Å². The molecule has 0 saturated carbocycles. The molecule has 4 aromatic rings. The summed E-state index contributed by atoms with van der Waals surface area (Å²) in [7, 11) is 3.20. The Morgan fingerprint density at radius 3 is 2.58 bits per heavy atom. The highest BCUT2D eigenvalue weighted by Gasteiger charge is 2.12. The Morgan fingerprint density at radius 2 is 1.85 bits per heavy atom. The maximum atomic E-state index is 12.3. The number of hydrogen-bond donors (Lipinski definition) is 2. The Morgan fingerprint density at radius 1 is 1.06 bits per heavy atom. The van der Waals surface area contributed by atoms with Crippen molar-refractivity contribution in [1.29, 1.82) is 0 Å². The highest BCUT2D eigenvalue weighted by Crippen LogP contribution is 2.32. The highest BCUT2D eigenvalue weighted by molar-refractivity contribution is 5.94. The molecule has 0 spiro atoms. The fourth-order valence-electron chi connectivity index (χ4n) is 3.48. The molecule has 4 rings (SSSR count). The highest BCUT2D eigenvalue weighted by atomic mass is 16.5. The lowest BCUT2D eigenvalue weighted by Gasteiger charge is -2.13. The van der Waals surface area contributed by atoms with E-state index >= 15 is 0 Å². The number of hydrogen-bond acceptors (Lipinski definition) is 6. The van der Waals surface area contributed by atoms with Gasteiger partial charge in [0.1, 0.15) is 0 Å². The lowest BCUT2D eigenvalue weighted by Crippen LogP contribution is -2.24. The summed E-state index contributed by atoms with van der Waals surface area (Å²) in [6.45, 7) is 2.78. The first-order valence-electron chi connectivity index (χ1n) is 10.8. The fourth-order valence-corrected chi connectivity index (χ4v) is 3.48. The van der Waals surface area contributed by atoms with Gasteiger partial charge in [-0.2, -0.15) is 0 Å². The molecule has 1 amide bonds. The quantitative estimate of drug-likeness (QED) is 0.364. The van der Waals surface area contributed by atoms with Gasteiger partial charge in [-0.1, -0.05) is 25.5 Å².